The molecule has 0 aromatic heterocycles. The fraction of sp³-hybridized carbons (Fsp3) is 0. The first-order valence-electron chi connectivity index (χ1n) is 5.64. The van der Waals surface area contributed by atoms with Crippen molar-refractivity contribution >= 4 is 23.5 Å². The van der Waals surface area contributed by atoms with E-state index >= 15 is 0 Å². The Balaban J connectivity index is 2.36. The molecule has 0 aliphatic rings. The molecule has 6 heteroatoms. The predicted molar refractivity (Wildman–Crippen MR) is 76.1 cm³/mol. The summed E-state index contributed by atoms with van der Waals surface area (Å²) in [5.74, 6) is -0.136. The molecule has 100 valence electrons. The van der Waals surface area contributed by atoms with Crippen LogP contribution in [0.15, 0.2) is 46.8 Å². The summed E-state index contributed by atoms with van der Waals surface area (Å²) in [4.78, 5) is 21.1. The Kier molecular flexibility index (Phi) is 3.85. The van der Waals surface area contributed by atoms with Crippen LogP contribution in [-0.2, 0) is 0 Å². The summed E-state index contributed by atoms with van der Waals surface area (Å²) in [6.07, 6.45) is 3.18. The van der Waals surface area contributed by atoms with Crippen molar-refractivity contribution in [3.8, 4) is 11.5 Å². The van der Waals surface area contributed by atoms with Crippen LogP contribution in [0.25, 0.3) is 12.2 Å². The van der Waals surface area contributed by atoms with E-state index in [1.807, 2.05) is 0 Å². The van der Waals surface area contributed by atoms with Crippen molar-refractivity contribution in [2.45, 2.75) is 0 Å². The van der Waals surface area contributed by atoms with Crippen molar-refractivity contribution in [1.82, 2.24) is 0 Å². The molecule has 0 amide bonds. The SMILES string of the molecule is O=Nc1cc(O)cc(/C=C/c2ccc(O)cc2N=O)c1. The minimum atomic E-state index is -0.0822. The highest BCUT2D eigenvalue weighted by Crippen LogP contribution is 2.27. The zero-order valence-corrected chi connectivity index (χ0v) is 10.2. The van der Waals surface area contributed by atoms with Gasteiger partial charge < -0.3 is 10.2 Å². The van der Waals surface area contributed by atoms with Gasteiger partial charge in [0.05, 0.1) is 0 Å². The molecule has 0 saturated carbocycles. The molecule has 2 N–H and O–H groups in total. The van der Waals surface area contributed by atoms with E-state index in [4.69, 9.17) is 0 Å². The molecule has 0 radical (unpaired) electrons. The minimum absolute atomic E-state index is 0.0541. The van der Waals surface area contributed by atoms with Crippen molar-refractivity contribution in [3.63, 3.8) is 0 Å². The molecule has 2 aromatic rings. The number of rotatable bonds is 4. The smallest absolute Gasteiger partial charge is 0.118 e. The monoisotopic (exact) mass is 270 g/mol. The van der Waals surface area contributed by atoms with Gasteiger partial charge in [-0.1, -0.05) is 12.2 Å². The van der Waals surface area contributed by atoms with Gasteiger partial charge in [-0.15, -0.1) is 9.81 Å². The zero-order chi connectivity index (χ0) is 14.5. The Labute approximate surface area is 114 Å². The third-order valence-electron chi connectivity index (χ3n) is 2.60. The number of aromatic hydroxyl groups is 2. The molecule has 0 aliphatic carbocycles. The Bertz CT molecular complexity index is 696. The Morgan fingerprint density at radius 1 is 0.850 bits per heavy atom. The number of benzene rings is 2. The summed E-state index contributed by atoms with van der Waals surface area (Å²) in [6, 6.07) is 8.37. The fourth-order valence-corrected chi connectivity index (χ4v) is 1.71. The molecule has 0 unspecified atom stereocenters. The molecule has 0 heterocycles. The molecule has 2 rings (SSSR count). The fourth-order valence-electron chi connectivity index (χ4n) is 1.71. The van der Waals surface area contributed by atoms with Crippen LogP contribution < -0.4 is 0 Å². The molecule has 0 spiro atoms. The second-order valence-electron chi connectivity index (χ2n) is 4.04. The van der Waals surface area contributed by atoms with E-state index in [1.54, 1.807) is 12.2 Å². The minimum Gasteiger partial charge on any atom is -0.508 e. The van der Waals surface area contributed by atoms with Gasteiger partial charge in [0.25, 0.3) is 0 Å². The van der Waals surface area contributed by atoms with Crippen LogP contribution in [-0.4, -0.2) is 10.2 Å². The van der Waals surface area contributed by atoms with Crippen LogP contribution in [0.3, 0.4) is 0 Å². The normalized spacial score (nSPS) is 10.6. The third-order valence-corrected chi connectivity index (χ3v) is 2.60. The van der Waals surface area contributed by atoms with Crippen molar-refractivity contribution in [3.05, 3.63) is 57.3 Å². The van der Waals surface area contributed by atoms with E-state index in [0.717, 1.165) is 0 Å². The lowest BCUT2D eigenvalue weighted by molar-refractivity contribution is 0.475. The zero-order valence-electron chi connectivity index (χ0n) is 10.2. The van der Waals surface area contributed by atoms with Crippen molar-refractivity contribution < 1.29 is 10.2 Å². The molecule has 0 aliphatic heterocycles. The van der Waals surface area contributed by atoms with E-state index in [1.165, 1.54) is 36.4 Å². The van der Waals surface area contributed by atoms with Gasteiger partial charge in [0.2, 0.25) is 0 Å². The molecule has 0 bridgehead atoms. The average molecular weight is 270 g/mol. The van der Waals surface area contributed by atoms with Crippen LogP contribution in [0.4, 0.5) is 11.4 Å². The number of hydrogen-bond donors (Lipinski definition) is 2. The second-order valence-corrected chi connectivity index (χ2v) is 4.04. The number of phenols is 2. The number of hydrogen-bond acceptors (Lipinski definition) is 6. The lowest BCUT2D eigenvalue weighted by atomic mass is 10.1. The van der Waals surface area contributed by atoms with Gasteiger partial charge in [0.1, 0.15) is 22.9 Å². The average Bonchev–Trinajstić information content (AvgIpc) is 2.45. The molecule has 0 saturated heterocycles. The van der Waals surface area contributed by atoms with Crippen molar-refractivity contribution in [2.24, 2.45) is 10.4 Å². The predicted octanol–water partition coefficient (Wildman–Crippen LogP) is 4.06. The van der Waals surface area contributed by atoms with Gasteiger partial charge in [0.15, 0.2) is 0 Å². The quantitative estimate of drug-likeness (QED) is 0.646. The molecule has 2 aromatic carbocycles. The number of nitroso groups, excluding NO2 is 2. The summed E-state index contributed by atoms with van der Waals surface area (Å²) in [5.41, 5.74) is 1.24. The maximum atomic E-state index is 10.7. The van der Waals surface area contributed by atoms with E-state index < -0.39 is 0 Å². The van der Waals surface area contributed by atoms with Crippen LogP contribution in [0.5, 0.6) is 11.5 Å². The van der Waals surface area contributed by atoms with Gasteiger partial charge in [-0.05, 0) is 40.2 Å². The van der Waals surface area contributed by atoms with E-state index in [-0.39, 0.29) is 22.9 Å². The van der Waals surface area contributed by atoms with Gasteiger partial charge in [-0.3, -0.25) is 0 Å². The van der Waals surface area contributed by atoms with Gasteiger partial charge in [-0.25, -0.2) is 0 Å². The molecule has 6 nitrogen and oxygen atoms in total. The first-order valence-corrected chi connectivity index (χ1v) is 5.64. The van der Waals surface area contributed by atoms with Crippen molar-refractivity contribution in [1.29, 1.82) is 0 Å². The lowest BCUT2D eigenvalue weighted by Crippen LogP contribution is -1.76. The van der Waals surface area contributed by atoms with E-state index in [2.05, 4.69) is 10.4 Å². The summed E-state index contributed by atoms with van der Waals surface area (Å²) in [5, 5.41) is 24.2. The second kappa shape index (κ2) is 5.75. The number of nitrogens with zero attached hydrogens (tertiary/aromatic N) is 2. The number of phenolic OH excluding ortho intramolecular Hbond substituents is 2. The topological polar surface area (TPSA) is 99.3 Å². The van der Waals surface area contributed by atoms with Crippen LogP contribution in [0.2, 0.25) is 0 Å². The highest BCUT2D eigenvalue weighted by Gasteiger charge is 2.02. The van der Waals surface area contributed by atoms with Crippen LogP contribution in [0, 0.1) is 9.81 Å². The van der Waals surface area contributed by atoms with E-state index in [9.17, 15) is 20.0 Å². The first kappa shape index (κ1) is 13.4. The summed E-state index contributed by atoms with van der Waals surface area (Å²) in [7, 11) is 0. The highest BCUT2D eigenvalue weighted by molar-refractivity contribution is 5.77. The van der Waals surface area contributed by atoms with Gasteiger partial charge >= 0.3 is 0 Å². The molecule has 20 heavy (non-hydrogen) atoms. The molecule has 0 fully saturated rings. The lowest BCUT2D eigenvalue weighted by Gasteiger charge is -2.00. The summed E-state index contributed by atoms with van der Waals surface area (Å²) >= 11 is 0. The maximum Gasteiger partial charge on any atom is 0.118 e. The van der Waals surface area contributed by atoms with E-state index in [0.29, 0.717) is 11.1 Å². The summed E-state index contributed by atoms with van der Waals surface area (Å²) < 4.78 is 0. The Morgan fingerprint density at radius 3 is 2.35 bits per heavy atom. The van der Waals surface area contributed by atoms with Gasteiger partial charge in [-0.2, -0.15) is 0 Å². The Morgan fingerprint density at radius 2 is 1.65 bits per heavy atom. The molecule has 0 atom stereocenters. The molecular formula is C14H10N2O4. The third kappa shape index (κ3) is 3.05. The summed E-state index contributed by atoms with van der Waals surface area (Å²) in [6.45, 7) is 0. The highest BCUT2D eigenvalue weighted by atomic mass is 16.3. The van der Waals surface area contributed by atoms with Crippen molar-refractivity contribution in [2.75, 3.05) is 0 Å². The largest absolute Gasteiger partial charge is 0.508 e. The van der Waals surface area contributed by atoms with Gasteiger partial charge in [0, 0.05) is 17.7 Å². The maximum absolute atomic E-state index is 10.7. The molecular weight excluding hydrogens is 260 g/mol. The first-order chi connectivity index (χ1) is 9.62. The Hall–Kier alpha value is -3.02. The van der Waals surface area contributed by atoms with Crippen LogP contribution in [0.1, 0.15) is 11.1 Å². The van der Waals surface area contributed by atoms with Crippen LogP contribution >= 0.6 is 0 Å². The standard InChI is InChI=1S/C14H10N2O4/c17-12-4-3-10(14(8-12)16-20)2-1-9-5-11(15-19)7-13(18)6-9/h1-8,17-18H/b2-1+.